The van der Waals surface area contributed by atoms with E-state index in [1.165, 1.54) is 40.4 Å². The zero-order valence-corrected chi connectivity index (χ0v) is 27.8. The van der Waals surface area contributed by atoms with Gasteiger partial charge in [-0.05, 0) is 71.5 Å². The van der Waals surface area contributed by atoms with Gasteiger partial charge in [0.1, 0.15) is 28.2 Å². The minimum Gasteiger partial charge on any atom is -0.507 e. The van der Waals surface area contributed by atoms with E-state index in [9.17, 15) is 9.90 Å². The highest BCUT2D eigenvalue weighted by Crippen LogP contribution is 2.47. The Balaban J connectivity index is 0.000000231. The maximum Gasteiger partial charge on any atom is 0.196 e. The SMILES string of the molecule is CCN(CC)C(C)CN1c2ccccc2Sc2ccccc21.COc1cc(O)c2c(=O)cc(C)oc2c1CC=C(C)C.Cl. The summed E-state index contributed by atoms with van der Waals surface area (Å²) >= 11 is 1.88. The van der Waals surface area contributed by atoms with Gasteiger partial charge in [-0.1, -0.05) is 61.5 Å². The molecule has 0 bridgehead atoms. The second-order valence-corrected chi connectivity index (χ2v) is 11.8. The lowest BCUT2D eigenvalue weighted by Gasteiger charge is -2.37. The van der Waals surface area contributed by atoms with Crippen LogP contribution in [-0.4, -0.2) is 42.8 Å². The Morgan fingerprint density at radius 1 is 1.05 bits per heavy atom. The van der Waals surface area contributed by atoms with E-state index in [1.807, 2.05) is 31.7 Å². The molecule has 3 aromatic carbocycles. The summed E-state index contributed by atoms with van der Waals surface area (Å²) in [5, 5.41) is 10.2. The maximum atomic E-state index is 12.0. The molecule has 2 heterocycles. The quantitative estimate of drug-likeness (QED) is 0.197. The number of hydrogen-bond acceptors (Lipinski definition) is 7. The second-order valence-electron chi connectivity index (χ2n) is 10.7. The summed E-state index contributed by atoms with van der Waals surface area (Å²) in [6.45, 7) is 15.8. The molecule has 0 saturated carbocycles. The van der Waals surface area contributed by atoms with E-state index in [0.717, 1.165) is 30.8 Å². The van der Waals surface area contributed by atoms with E-state index in [1.54, 1.807) is 6.92 Å². The topological polar surface area (TPSA) is 66.2 Å². The number of ether oxygens (including phenoxy) is 1. The zero-order valence-electron chi connectivity index (χ0n) is 26.1. The first kappa shape index (κ1) is 34.1. The number of aryl methyl sites for hydroxylation is 1. The number of benzene rings is 3. The molecular formula is C35H43ClN2O4S. The molecule has 1 aliphatic rings. The third kappa shape index (κ3) is 7.77. The smallest absolute Gasteiger partial charge is 0.196 e. The molecule has 1 aromatic heterocycles. The lowest BCUT2D eigenvalue weighted by molar-refractivity contribution is 0.236. The molecular weight excluding hydrogens is 580 g/mol. The first-order valence-corrected chi connectivity index (χ1v) is 15.3. The number of halogens is 1. The number of para-hydroxylation sites is 2. The summed E-state index contributed by atoms with van der Waals surface area (Å²) in [7, 11) is 1.53. The number of rotatable bonds is 8. The predicted octanol–water partition coefficient (Wildman–Crippen LogP) is 8.77. The van der Waals surface area contributed by atoms with Crippen LogP contribution in [0.2, 0.25) is 0 Å². The van der Waals surface area contributed by atoms with Crippen molar-refractivity contribution in [2.24, 2.45) is 0 Å². The van der Waals surface area contributed by atoms with Crippen LogP contribution < -0.4 is 15.1 Å². The van der Waals surface area contributed by atoms with E-state index < -0.39 is 0 Å². The molecule has 0 aliphatic carbocycles. The average Bonchev–Trinajstić information content (AvgIpc) is 2.96. The van der Waals surface area contributed by atoms with Gasteiger partial charge in [0, 0.05) is 40.1 Å². The Kier molecular flexibility index (Phi) is 12.2. The molecule has 0 saturated heterocycles. The van der Waals surface area contributed by atoms with Crippen molar-refractivity contribution in [2.45, 2.75) is 63.8 Å². The van der Waals surface area contributed by atoms with Crippen LogP contribution in [0.25, 0.3) is 11.0 Å². The highest BCUT2D eigenvalue weighted by molar-refractivity contribution is 7.99. The summed E-state index contributed by atoms with van der Waals surface area (Å²) in [6, 6.07) is 20.8. The van der Waals surface area contributed by atoms with Crippen LogP contribution in [0.1, 0.15) is 45.9 Å². The number of hydrogen-bond donors (Lipinski definition) is 1. The minimum atomic E-state index is -0.248. The standard InChI is InChI=1S/C19H24N2S.C16H18O4.ClH/c1-4-20(5-2)15(3)14-21-16-10-6-8-12-18(16)22-19-13-9-7-11-17(19)21;1-9(2)5-6-11-14(19-4)8-13(18)15-12(17)7-10(3)20-16(11)15;/h6-13,15H,4-5,14H2,1-3H3;5,7-8,18H,6H2,1-4H3;1H. The minimum absolute atomic E-state index is 0. The van der Waals surface area contributed by atoms with Crippen molar-refractivity contribution >= 4 is 46.5 Å². The van der Waals surface area contributed by atoms with E-state index in [4.69, 9.17) is 9.15 Å². The van der Waals surface area contributed by atoms with Gasteiger partial charge in [0.15, 0.2) is 5.43 Å². The van der Waals surface area contributed by atoms with Gasteiger partial charge in [0.2, 0.25) is 0 Å². The molecule has 1 atom stereocenters. The number of methoxy groups -OCH3 is 1. The van der Waals surface area contributed by atoms with Crippen molar-refractivity contribution < 1.29 is 14.3 Å². The van der Waals surface area contributed by atoms with Crippen LogP contribution in [0, 0.1) is 6.92 Å². The molecule has 4 aromatic rings. The number of phenols is 1. The summed E-state index contributed by atoms with van der Waals surface area (Å²) in [4.78, 5) is 19.8. The van der Waals surface area contributed by atoms with Gasteiger partial charge in [-0.15, -0.1) is 12.4 Å². The second kappa shape index (κ2) is 15.4. The van der Waals surface area contributed by atoms with Gasteiger partial charge < -0.3 is 19.2 Å². The summed E-state index contributed by atoms with van der Waals surface area (Å²) in [5.41, 5.74) is 4.74. The molecule has 6 nitrogen and oxygen atoms in total. The molecule has 0 amide bonds. The molecule has 1 unspecified atom stereocenters. The van der Waals surface area contributed by atoms with E-state index in [-0.39, 0.29) is 29.0 Å². The van der Waals surface area contributed by atoms with Crippen molar-refractivity contribution in [2.75, 3.05) is 31.6 Å². The van der Waals surface area contributed by atoms with Gasteiger partial charge in [-0.25, -0.2) is 0 Å². The van der Waals surface area contributed by atoms with Crippen molar-refractivity contribution in [3.05, 3.63) is 93.9 Å². The van der Waals surface area contributed by atoms with Gasteiger partial charge in [0.05, 0.1) is 18.5 Å². The van der Waals surface area contributed by atoms with Gasteiger partial charge >= 0.3 is 0 Å². The Bertz CT molecular complexity index is 1580. The van der Waals surface area contributed by atoms with Gasteiger partial charge in [-0.2, -0.15) is 0 Å². The van der Waals surface area contributed by atoms with Gasteiger partial charge in [0.25, 0.3) is 0 Å². The van der Waals surface area contributed by atoms with Crippen molar-refractivity contribution in [3.63, 3.8) is 0 Å². The third-order valence-corrected chi connectivity index (χ3v) is 8.65. The molecule has 0 fully saturated rings. The highest BCUT2D eigenvalue weighted by atomic mass is 35.5. The summed E-state index contributed by atoms with van der Waals surface area (Å²) < 4.78 is 11.0. The molecule has 5 rings (SSSR count). The fourth-order valence-corrected chi connectivity index (χ4v) is 6.44. The summed E-state index contributed by atoms with van der Waals surface area (Å²) in [6.07, 6.45) is 2.60. The largest absolute Gasteiger partial charge is 0.507 e. The van der Waals surface area contributed by atoms with Crippen LogP contribution in [0.4, 0.5) is 11.4 Å². The van der Waals surface area contributed by atoms with E-state index in [2.05, 4.69) is 79.1 Å². The monoisotopic (exact) mass is 622 g/mol. The fourth-order valence-electron chi connectivity index (χ4n) is 5.35. The highest BCUT2D eigenvalue weighted by Gasteiger charge is 2.25. The Hall–Kier alpha value is -3.39. The fraction of sp³-hybridized carbons (Fsp3) is 0.343. The lowest BCUT2D eigenvalue weighted by Crippen LogP contribution is -2.41. The number of fused-ring (bicyclic) bond motifs is 3. The maximum absolute atomic E-state index is 12.0. The normalized spacial score (nSPS) is 12.4. The number of aromatic hydroxyl groups is 1. The molecule has 230 valence electrons. The Morgan fingerprint density at radius 2 is 1.63 bits per heavy atom. The zero-order chi connectivity index (χ0) is 30.4. The number of nitrogens with zero attached hydrogens (tertiary/aromatic N) is 2. The van der Waals surface area contributed by atoms with E-state index >= 15 is 0 Å². The van der Waals surface area contributed by atoms with Crippen LogP contribution in [-0.2, 0) is 6.42 Å². The summed E-state index contributed by atoms with van der Waals surface area (Å²) in [5.74, 6) is 0.904. The molecule has 1 N–H and O–H groups in total. The lowest BCUT2D eigenvalue weighted by atomic mass is 10.0. The predicted molar refractivity (Wildman–Crippen MR) is 182 cm³/mol. The number of likely N-dealkylation sites (N-methyl/N-ethyl adjacent to an activating group) is 1. The third-order valence-electron chi connectivity index (χ3n) is 7.52. The molecule has 0 radical (unpaired) electrons. The average molecular weight is 623 g/mol. The van der Waals surface area contributed by atoms with Crippen molar-refractivity contribution in [1.82, 2.24) is 4.90 Å². The number of phenolic OH excluding ortho intramolecular Hbond substituents is 1. The van der Waals surface area contributed by atoms with Crippen LogP contribution in [0.15, 0.2) is 91.3 Å². The van der Waals surface area contributed by atoms with Crippen LogP contribution in [0.5, 0.6) is 11.5 Å². The van der Waals surface area contributed by atoms with Crippen LogP contribution in [0.3, 0.4) is 0 Å². The molecule has 43 heavy (non-hydrogen) atoms. The molecule has 1 aliphatic heterocycles. The first-order chi connectivity index (χ1) is 20.2. The van der Waals surface area contributed by atoms with Gasteiger partial charge in [-0.3, -0.25) is 9.69 Å². The Morgan fingerprint density at radius 3 is 2.16 bits per heavy atom. The molecule has 0 spiro atoms. The first-order valence-electron chi connectivity index (χ1n) is 14.5. The van der Waals surface area contributed by atoms with Crippen LogP contribution >= 0.6 is 24.2 Å². The van der Waals surface area contributed by atoms with E-state index in [0.29, 0.717) is 29.6 Å². The van der Waals surface area contributed by atoms with Crippen molar-refractivity contribution in [1.29, 1.82) is 0 Å². The Labute approximate surface area is 265 Å². The van der Waals surface area contributed by atoms with Crippen molar-refractivity contribution in [3.8, 4) is 11.5 Å². The molecule has 8 heteroatoms. The number of allylic oxidation sites excluding steroid dienone is 2. The number of anilines is 2.